The van der Waals surface area contributed by atoms with Gasteiger partial charge in [-0.15, -0.1) is 0 Å². The van der Waals surface area contributed by atoms with Gasteiger partial charge in [0.15, 0.2) is 0 Å². The molecule has 190 valence electrons. The largest absolute Gasteiger partial charge is 0.475 e. The van der Waals surface area contributed by atoms with E-state index in [9.17, 15) is 0 Å². The Morgan fingerprint density at radius 1 is 0.757 bits per heavy atom. The highest BCUT2D eigenvalue weighted by molar-refractivity contribution is 5.91. The van der Waals surface area contributed by atoms with Crippen LogP contribution in [0.3, 0.4) is 0 Å². The molecule has 5 heteroatoms. The van der Waals surface area contributed by atoms with Crippen molar-refractivity contribution in [1.82, 2.24) is 4.57 Å². The summed E-state index contributed by atoms with van der Waals surface area (Å²) in [5.74, 6) is 1.49. The lowest BCUT2D eigenvalue weighted by Crippen LogP contribution is -2.35. The van der Waals surface area contributed by atoms with Crippen LogP contribution in [0.15, 0.2) is 95.2 Å². The molecule has 0 aliphatic heterocycles. The number of aromatic nitrogens is 2. The molecule has 0 aliphatic rings. The number of hydrogen-bond donors (Lipinski definition) is 0. The zero-order valence-electron chi connectivity index (χ0n) is 23.0. The molecule has 0 amide bonds. The molecule has 4 aromatic rings. The van der Waals surface area contributed by atoms with Crippen LogP contribution in [0.5, 0.6) is 0 Å². The fourth-order valence-corrected chi connectivity index (χ4v) is 4.77. The van der Waals surface area contributed by atoms with E-state index in [1.54, 1.807) is 7.11 Å². The summed E-state index contributed by atoms with van der Waals surface area (Å²) in [6.45, 7) is 12.6. The van der Waals surface area contributed by atoms with Gasteiger partial charge < -0.3 is 4.74 Å². The van der Waals surface area contributed by atoms with Crippen LogP contribution in [-0.4, -0.2) is 24.3 Å². The average molecular weight is 494 g/mol. The van der Waals surface area contributed by atoms with Gasteiger partial charge in [0.2, 0.25) is 0 Å². The molecule has 0 fully saturated rings. The summed E-state index contributed by atoms with van der Waals surface area (Å²) < 4.78 is 9.61. The number of imidazole rings is 1. The minimum Gasteiger partial charge on any atom is -0.475 e. The second kappa shape index (κ2) is 10.2. The molecular formula is C32H37N4O+. The van der Waals surface area contributed by atoms with Crippen molar-refractivity contribution < 1.29 is 9.30 Å². The first kappa shape index (κ1) is 26.1. The first-order valence-corrected chi connectivity index (χ1v) is 12.5. The molecule has 37 heavy (non-hydrogen) atoms. The van der Waals surface area contributed by atoms with E-state index in [0.717, 1.165) is 17.2 Å². The molecular weight excluding hydrogens is 456 g/mol. The van der Waals surface area contributed by atoms with Crippen molar-refractivity contribution in [2.24, 2.45) is 24.1 Å². The summed E-state index contributed by atoms with van der Waals surface area (Å²) in [4.78, 5) is 8.77. The number of aliphatic imine (C=N–C) groups is 2. The second-order valence-electron chi connectivity index (χ2n) is 10.5. The molecule has 0 atom stereocenters. The fourth-order valence-electron chi connectivity index (χ4n) is 4.77. The van der Waals surface area contributed by atoms with E-state index < -0.39 is 0 Å². The molecule has 0 saturated heterocycles. The van der Waals surface area contributed by atoms with Crippen molar-refractivity contribution in [2.75, 3.05) is 7.11 Å². The molecule has 1 aromatic heterocycles. The summed E-state index contributed by atoms with van der Waals surface area (Å²) in [5, 5.41) is 0. The minimum atomic E-state index is -0.156. The van der Waals surface area contributed by atoms with Crippen LogP contribution in [0, 0.1) is 0 Å². The maximum atomic E-state index is 5.61. The van der Waals surface area contributed by atoms with Crippen molar-refractivity contribution in [1.29, 1.82) is 0 Å². The van der Waals surface area contributed by atoms with Crippen LogP contribution in [0.2, 0.25) is 0 Å². The number of nitrogens with zero attached hydrogens (tertiary/aromatic N) is 4. The van der Waals surface area contributed by atoms with Gasteiger partial charge >= 0.3 is 11.7 Å². The molecule has 0 N–H and O–H groups in total. The van der Waals surface area contributed by atoms with E-state index in [0.29, 0.717) is 5.90 Å². The highest BCUT2D eigenvalue weighted by Crippen LogP contribution is 2.36. The van der Waals surface area contributed by atoms with Crippen LogP contribution < -0.4 is 4.57 Å². The molecule has 0 unspecified atom stereocenters. The Kier molecular flexibility index (Phi) is 7.17. The maximum absolute atomic E-state index is 5.61. The van der Waals surface area contributed by atoms with E-state index in [1.807, 2.05) is 47.8 Å². The number of aryl methyl sites for hydroxylation is 2. The molecule has 0 bridgehead atoms. The molecule has 4 rings (SSSR count). The summed E-state index contributed by atoms with van der Waals surface area (Å²) in [5.41, 5.74) is 6.50. The Bertz CT molecular complexity index is 1390. The van der Waals surface area contributed by atoms with E-state index >= 15 is 0 Å². The van der Waals surface area contributed by atoms with Crippen molar-refractivity contribution in [3.63, 3.8) is 0 Å². The van der Waals surface area contributed by atoms with Gasteiger partial charge in [-0.1, -0.05) is 76.2 Å². The third kappa shape index (κ3) is 5.12. The molecule has 0 radical (unpaired) electrons. The van der Waals surface area contributed by atoms with Gasteiger partial charge in [-0.25, -0.2) is 14.1 Å². The van der Waals surface area contributed by atoms with Gasteiger partial charge in [0, 0.05) is 10.8 Å². The van der Waals surface area contributed by atoms with E-state index in [-0.39, 0.29) is 10.8 Å². The van der Waals surface area contributed by atoms with Gasteiger partial charge in [-0.3, -0.25) is 4.99 Å². The van der Waals surface area contributed by atoms with Gasteiger partial charge in [0.05, 0.1) is 32.6 Å². The quantitative estimate of drug-likeness (QED) is 0.163. The zero-order chi connectivity index (χ0) is 26.8. The first-order chi connectivity index (χ1) is 17.6. The topological polar surface area (TPSA) is 42.8 Å². The Morgan fingerprint density at radius 2 is 1.16 bits per heavy atom. The lowest BCUT2D eigenvalue weighted by Gasteiger charge is -2.29. The van der Waals surface area contributed by atoms with Gasteiger partial charge in [-0.2, -0.15) is 0 Å². The summed E-state index contributed by atoms with van der Waals surface area (Å²) in [7, 11) is 5.62. The lowest BCUT2D eigenvalue weighted by atomic mass is 9.74. The van der Waals surface area contributed by atoms with E-state index in [2.05, 4.69) is 100 Å². The molecule has 0 spiro atoms. The van der Waals surface area contributed by atoms with Crippen molar-refractivity contribution in [3.05, 3.63) is 113 Å². The molecule has 5 nitrogen and oxygen atoms in total. The molecule has 1 heterocycles. The van der Waals surface area contributed by atoms with Gasteiger partial charge in [0.25, 0.3) is 0 Å². The Morgan fingerprint density at radius 3 is 1.51 bits per heavy atom. The normalized spacial score (nSPS) is 12.5. The van der Waals surface area contributed by atoms with Crippen LogP contribution in [0.4, 0.5) is 11.4 Å². The predicted molar refractivity (Wildman–Crippen MR) is 153 cm³/mol. The molecule has 3 aromatic carbocycles. The number of ether oxygens (including phenoxy) is 1. The highest BCUT2D eigenvalue weighted by atomic mass is 16.5. The third-order valence-corrected chi connectivity index (χ3v) is 7.49. The van der Waals surface area contributed by atoms with E-state index in [1.165, 1.54) is 22.3 Å². The van der Waals surface area contributed by atoms with Gasteiger partial charge in [0.1, 0.15) is 12.4 Å². The second-order valence-corrected chi connectivity index (χ2v) is 10.5. The number of benzene rings is 3. The number of rotatable bonds is 7. The Labute approximate surface area is 220 Å². The summed E-state index contributed by atoms with van der Waals surface area (Å²) >= 11 is 0. The van der Waals surface area contributed by atoms with Crippen LogP contribution >= 0.6 is 0 Å². The standard InChI is InChI=1S/C32H37N4O/c1-31(2,25-13-17-27(33-5)18-14-25)23-9-11-24(12-10-23)32(3,4)26-15-19-28(20-16-26)34-29(37-8)30-35(6)21-22-36(30)7/h9-22H,5H2,1-4,6-8H3/q+1/b34-29-. The molecule has 0 saturated carbocycles. The maximum Gasteiger partial charge on any atom is 0.344 e. The van der Waals surface area contributed by atoms with Gasteiger partial charge in [-0.05, 0) is 53.2 Å². The van der Waals surface area contributed by atoms with Crippen molar-refractivity contribution >= 4 is 24.0 Å². The Balaban J connectivity index is 1.57. The Hall–Kier alpha value is -3.99. The molecule has 0 aliphatic carbocycles. The highest BCUT2D eigenvalue weighted by Gasteiger charge is 2.27. The third-order valence-electron chi connectivity index (χ3n) is 7.49. The van der Waals surface area contributed by atoms with Crippen molar-refractivity contribution in [2.45, 2.75) is 38.5 Å². The fraction of sp³-hybridized carbons (Fsp3) is 0.281. The SMILES string of the molecule is C=Nc1ccc(C(C)(C)c2ccc(C(C)(C)c3ccc(/N=C(\OC)c4n(C)cc[n+]4C)cc3)cc2)cc1. The summed E-state index contributed by atoms with van der Waals surface area (Å²) in [6, 6.07) is 25.7. The smallest absolute Gasteiger partial charge is 0.344 e. The van der Waals surface area contributed by atoms with Crippen LogP contribution in [-0.2, 0) is 29.7 Å². The number of hydrogen-bond acceptors (Lipinski definition) is 3. The monoisotopic (exact) mass is 493 g/mol. The zero-order valence-corrected chi connectivity index (χ0v) is 23.0. The van der Waals surface area contributed by atoms with Crippen LogP contribution in [0.25, 0.3) is 0 Å². The minimum absolute atomic E-state index is 0.115. The average Bonchev–Trinajstić information content (AvgIpc) is 3.25. The van der Waals surface area contributed by atoms with Crippen LogP contribution in [0.1, 0.15) is 55.8 Å². The summed E-state index contributed by atoms with van der Waals surface area (Å²) in [6.07, 6.45) is 3.97. The first-order valence-electron chi connectivity index (χ1n) is 12.5. The lowest BCUT2D eigenvalue weighted by molar-refractivity contribution is -0.672. The predicted octanol–water partition coefficient (Wildman–Crippen LogP) is 6.56. The number of methoxy groups -OCH3 is 1. The van der Waals surface area contributed by atoms with E-state index in [4.69, 9.17) is 9.73 Å². The van der Waals surface area contributed by atoms with Crippen molar-refractivity contribution in [3.8, 4) is 0 Å².